The summed E-state index contributed by atoms with van der Waals surface area (Å²) in [6, 6.07) is 12.3. The van der Waals surface area contributed by atoms with E-state index in [9.17, 15) is 9.59 Å². The third-order valence-corrected chi connectivity index (χ3v) is 6.26. The molecule has 0 aromatic heterocycles. The molecule has 1 heterocycles. The number of carbonyl (C=O) groups is 2. The molecule has 7 nitrogen and oxygen atoms in total. The van der Waals surface area contributed by atoms with E-state index in [1.54, 1.807) is 17.0 Å². The van der Waals surface area contributed by atoms with Gasteiger partial charge in [0.15, 0.2) is 5.17 Å². The van der Waals surface area contributed by atoms with Gasteiger partial charge in [-0.15, -0.1) is 0 Å². The first-order valence-corrected chi connectivity index (χ1v) is 11.9. The second-order valence-corrected chi connectivity index (χ2v) is 8.24. The van der Waals surface area contributed by atoms with Gasteiger partial charge in [-0.05, 0) is 81.9 Å². The molecule has 1 N–H and O–H groups in total. The molecule has 1 fully saturated rings. The van der Waals surface area contributed by atoms with Gasteiger partial charge in [0.1, 0.15) is 5.75 Å². The van der Waals surface area contributed by atoms with Gasteiger partial charge in [0.25, 0.3) is 5.91 Å². The molecule has 0 saturated carbocycles. The number of carbonyl (C=O) groups excluding carboxylic acids is 1. The minimum atomic E-state index is -0.989. The van der Waals surface area contributed by atoms with Crippen LogP contribution in [0.3, 0.4) is 0 Å². The smallest absolute Gasteiger partial charge is 0.335 e. The Morgan fingerprint density at radius 3 is 2.39 bits per heavy atom. The normalized spacial score (nSPS) is 16.0. The second kappa shape index (κ2) is 11.0. The number of aliphatic imine (C=N–C) groups is 1. The van der Waals surface area contributed by atoms with Crippen LogP contribution in [-0.4, -0.2) is 53.3 Å². The number of ether oxygens (including phenoxy) is 1. The van der Waals surface area contributed by atoms with Crippen molar-refractivity contribution in [3.8, 4) is 5.75 Å². The average molecular weight is 468 g/mol. The third kappa shape index (κ3) is 5.57. The summed E-state index contributed by atoms with van der Waals surface area (Å²) >= 11 is 1.30. The lowest BCUT2D eigenvalue weighted by Crippen LogP contribution is -2.28. The van der Waals surface area contributed by atoms with E-state index < -0.39 is 5.97 Å². The van der Waals surface area contributed by atoms with Crippen molar-refractivity contribution in [3.05, 3.63) is 58.5 Å². The molecule has 0 spiro atoms. The van der Waals surface area contributed by atoms with Crippen molar-refractivity contribution in [2.24, 2.45) is 4.99 Å². The quantitative estimate of drug-likeness (QED) is 0.507. The summed E-state index contributed by atoms with van der Waals surface area (Å²) in [5.74, 6) is -0.365. The Morgan fingerprint density at radius 1 is 1.12 bits per heavy atom. The number of thioether (sulfide) groups is 1. The van der Waals surface area contributed by atoms with Crippen LogP contribution in [-0.2, 0) is 4.79 Å². The number of hydrogen-bond donors (Lipinski definition) is 1. The summed E-state index contributed by atoms with van der Waals surface area (Å²) < 4.78 is 5.88. The molecule has 1 aliphatic heterocycles. The fourth-order valence-corrected chi connectivity index (χ4v) is 4.56. The molecular weight excluding hydrogens is 438 g/mol. The SMILES string of the molecule is CCOc1cc(N(CC)CC)ccc1C=C1SC(=Nc2ccc(C(=O)O)cc2)N(CC)C1=O. The van der Waals surface area contributed by atoms with E-state index in [0.717, 1.165) is 30.1 Å². The Morgan fingerprint density at radius 2 is 1.82 bits per heavy atom. The zero-order valence-electron chi connectivity index (χ0n) is 19.4. The monoisotopic (exact) mass is 467 g/mol. The van der Waals surface area contributed by atoms with Gasteiger partial charge in [-0.25, -0.2) is 9.79 Å². The Kier molecular flexibility index (Phi) is 8.16. The molecule has 1 aliphatic rings. The van der Waals surface area contributed by atoms with E-state index in [1.807, 2.05) is 38.1 Å². The summed E-state index contributed by atoms with van der Waals surface area (Å²) in [5, 5.41) is 9.64. The van der Waals surface area contributed by atoms with E-state index in [0.29, 0.717) is 28.9 Å². The highest BCUT2D eigenvalue weighted by Gasteiger charge is 2.32. The highest BCUT2D eigenvalue weighted by molar-refractivity contribution is 8.18. The van der Waals surface area contributed by atoms with Gasteiger partial charge in [0.2, 0.25) is 0 Å². The maximum Gasteiger partial charge on any atom is 0.335 e. The highest BCUT2D eigenvalue weighted by atomic mass is 32.2. The fraction of sp³-hybridized carbons (Fsp3) is 0.320. The van der Waals surface area contributed by atoms with E-state index in [2.05, 4.69) is 23.7 Å². The first-order valence-electron chi connectivity index (χ1n) is 11.1. The first kappa shape index (κ1) is 24.4. The van der Waals surface area contributed by atoms with Gasteiger partial charge in [0, 0.05) is 37.0 Å². The molecule has 0 aliphatic carbocycles. The molecule has 0 atom stereocenters. The average Bonchev–Trinajstić information content (AvgIpc) is 3.10. The van der Waals surface area contributed by atoms with Gasteiger partial charge in [-0.1, -0.05) is 0 Å². The van der Waals surface area contributed by atoms with Crippen molar-refractivity contribution in [2.45, 2.75) is 27.7 Å². The van der Waals surface area contributed by atoms with Crippen LogP contribution in [0.1, 0.15) is 43.6 Å². The Hall–Kier alpha value is -3.26. The zero-order valence-corrected chi connectivity index (χ0v) is 20.2. The molecule has 0 bridgehead atoms. The molecule has 1 amide bonds. The third-order valence-electron chi connectivity index (χ3n) is 5.26. The molecule has 0 unspecified atom stereocenters. The summed E-state index contributed by atoms with van der Waals surface area (Å²) in [4.78, 5) is 33.1. The second-order valence-electron chi connectivity index (χ2n) is 7.23. The minimum Gasteiger partial charge on any atom is -0.493 e. The van der Waals surface area contributed by atoms with Crippen LogP contribution in [0.5, 0.6) is 5.75 Å². The number of nitrogens with zero attached hydrogens (tertiary/aromatic N) is 3. The molecule has 8 heteroatoms. The number of carboxylic acids is 1. The number of carboxylic acid groups (broad SMARTS) is 1. The van der Waals surface area contributed by atoms with Crippen LogP contribution >= 0.6 is 11.8 Å². The topological polar surface area (TPSA) is 82.4 Å². The van der Waals surface area contributed by atoms with Crippen LogP contribution in [0.2, 0.25) is 0 Å². The van der Waals surface area contributed by atoms with Crippen molar-refractivity contribution in [3.63, 3.8) is 0 Å². The van der Waals surface area contributed by atoms with E-state index in [1.165, 1.54) is 23.9 Å². The molecule has 174 valence electrons. The first-order chi connectivity index (χ1) is 15.9. The highest BCUT2D eigenvalue weighted by Crippen LogP contribution is 2.36. The molecule has 2 aromatic rings. The van der Waals surface area contributed by atoms with E-state index >= 15 is 0 Å². The Balaban J connectivity index is 1.93. The molecule has 2 aromatic carbocycles. The lowest BCUT2D eigenvalue weighted by molar-refractivity contribution is -0.122. The number of amides is 1. The molecule has 33 heavy (non-hydrogen) atoms. The van der Waals surface area contributed by atoms with E-state index in [-0.39, 0.29) is 11.5 Å². The van der Waals surface area contributed by atoms with Crippen molar-refractivity contribution in [1.82, 2.24) is 4.90 Å². The number of benzene rings is 2. The number of rotatable bonds is 9. The number of hydrogen-bond acceptors (Lipinski definition) is 6. The van der Waals surface area contributed by atoms with Gasteiger partial charge in [0.05, 0.1) is 22.8 Å². The van der Waals surface area contributed by atoms with Crippen molar-refractivity contribution in [1.29, 1.82) is 0 Å². The zero-order chi connectivity index (χ0) is 24.0. The molecule has 1 saturated heterocycles. The molecule has 3 rings (SSSR count). The summed E-state index contributed by atoms with van der Waals surface area (Å²) in [5.41, 5.74) is 2.71. The van der Waals surface area contributed by atoms with Gasteiger partial charge in [-0.3, -0.25) is 9.69 Å². The van der Waals surface area contributed by atoms with Crippen LogP contribution in [0.4, 0.5) is 11.4 Å². The fourth-order valence-electron chi connectivity index (χ4n) is 3.51. The maximum absolute atomic E-state index is 13.1. The lowest BCUT2D eigenvalue weighted by atomic mass is 10.1. The summed E-state index contributed by atoms with van der Waals surface area (Å²) in [6.07, 6.45) is 1.85. The number of likely N-dealkylation sites (N-methyl/N-ethyl adjacent to an activating group) is 1. The predicted molar refractivity (Wildman–Crippen MR) is 135 cm³/mol. The predicted octanol–water partition coefficient (Wildman–Crippen LogP) is 5.25. The van der Waals surface area contributed by atoms with Crippen molar-refractivity contribution in [2.75, 3.05) is 31.1 Å². The molecule has 0 radical (unpaired) electrons. The maximum atomic E-state index is 13.1. The van der Waals surface area contributed by atoms with E-state index in [4.69, 9.17) is 9.84 Å². The lowest BCUT2D eigenvalue weighted by Gasteiger charge is -2.22. The van der Waals surface area contributed by atoms with Crippen LogP contribution in [0.15, 0.2) is 52.4 Å². The van der Waals surface area contributed by atoms with Gasteiger partial charge in [-0.2, -0.15) is 0 Å². The minimum absolute atomic E-state index is 0.112. The van der Waals surface area contributed by atoms with Crippen molar-refractivity contribution < 1.29 is 19.4 Å². The summed E-state index contributed by atoms with van der Waals surface area (Å²) in [6.45, 7) is 10.9. The standard InChI is InChI=1S/C25H29N3O4S/c1-5-27(6-2)20-14-11-18(21(16-20)32-8-4)15-22-23(29)28(7-3)25(33-22)26-19-12-9-17(10-13-19)24(30)31/h9-16H,5-8H2,1-4H3,(H,30,31). The Labute approximate surface area is 198 Å². The van der Waals surface area contributed by atoms with Crippen LogP contribution in [0, 0.1) is 0 Å². The Bertz CT molecular complexity index is 1080. The number of aromatic carboxylic acids is 1. The van der Waals surface area contributed by atoms with Gasteiger partial charge >= 0.3 is 5.97 Å². The van der Waals surface area contributed by atoms with Gasteiger partial charge < -0.3 is 14.7 Å². The van der Waals surface area contributed by atoms with Crippen molar-refractivity contribution >= 4 is 46.3 Å². The largest absolute Gasteiger partial charge is 0.493 e. The van der Waals surface area contributed by atoms with Crippen LogP contribution in [0.25, 0.3) is 6.08 Å². The number of amidine groups is 1. The summed E-state index contributed by atoms with van der Waals surface area (Å²) in [7, 11) is 0. The van der Waals surface area contributed by atoms with Crippen LogP contribution < -0.4 is 9.64 Å². The molecular formula is C25H29N3O4S. The number of anilines is 1.